The van der Waals surface area contributed by atoms with E-state index in [1.807, 2.05) is 6.92 Å². The lowest BCUT2D eigenvalue weighted by Crippen LogP contribution is -2.41. The SMILES string of the molecule is CCCOc1c(OC)cc(CC2=C(c3ccc4nsnc4c3)C(=O)OC2(OC(=O)NCC(=O)OCC)c2ccc(OC)cc2)cc1OC. The van der Waals surface area contributed by atoms with Crippen molar-refractivity contribution in [3.8, 4) is 23.0 Å². The standard InChI is InChI=1S/C34H35N3O10S/c1-6-14-45-31-27(42-4)16-20(17-28(31)43-5)15-24-30(21-8-13-25-26(18-21)37-48-36-25)32(39)46-34(24,22-9-11-23(41-3)12-10-22)47-33(40)35-19-29(38)44-7-2/h8-13,16-18H,6-7,14-15,19H2,1-5H3,(H,35,40). The molecule has 3 aromatic carbocycles. The van der Waals surface area contributed by atoms with E-state index in [2.05, 4.69) is 14.1 Å². The van der Waals surface area contributed by atoms with Crippen LogP contribution in [0, 0.1) is 0 Å². The highest BCUT2D eigenvalue weighted by Crippen LogP contribution is 2.49. The average molecular weight is 678 g/mol. The van der Waals surface area contributed by atoms with E-state index in [1.54, 1.807) is 61.5 Å². The second-order valence-corrected chi connectivity index (χ2v) is 11.0. The van der Waals surface area contributed by atoms with Crippen LogP contribution in [0.3, 0.4) is 0 Å². The van der Waals surface area contributed by atoms with Gasteiger partial charge in [0.15, 0.2) is 11.5 Å². The Labute approximate surface area is 281 Å². The lowest BCUT2D eigenvalue weighted by Gasteiger charge is -2.31. The zero-order valence-corrected chi connectivity index (χ0v) is 27.9. The zero-order chi connectivity index (χ0) is 34.3. The predicted molar refractivity (Wildman–Crippen MR) is 175 cm³/mol. The minimum atomic E-state index is -2.08. The normalized spacial score (nSPS) is 15.6. The van der Waals surface area contributed by atoms with Crippen molar-refractivity contribution < 1.29 is 47.5 Å². The number of fused-ring (bicyclic) bond motifs is 1. The molecule has 1 aliphatic heterocycles. The molecule has 1 aromatic heterocycles. The number of hydrogen-bond donors (Lipinski definition) is 1. The van der Waals surface area contributed by atoms with Crippen molar-refractivity contribution in [2.24, 2.45) is 0 Å². The summed E-state index contributed by atoms with van der Waals surface area (Å²) in [6.07, 6.45) is -0.238. The summed E-state index contributed by atoms with van der Waals surface area (Å²) in [6, 6.07) is 15.3. The van der Waals surface area contributed by atoms with Crippen LogP contribution in [0.25, 0.3) is 16.6 Å². The fourth-order valence-electron chi connectivity index (χ4n) is 5.26. The molecule has 0 aliphatic carbocycles. The van der Waals surface area contributed by atoms with Gasteiger partial charge in [-0.2, -0.15) is 8.75 Å². The number of hydrogen-bond acceptors (Lipinski definition) is 13. The van der Waals surface area contributed by atoms with Gasteiger partial charge in [-0.1, -0.05) is 13.0 Å². The van der Waals surface area contributed by atoms with Gasteiger partial charge in [-0.25, -0.2) is 9.59 Å². The highest BCUT2D eigenvalue weighted by Gasteiger charge is 2.53. The minimum Gasteiger partial charge on any atom is -0.497 e. The topological polar surface area (TPSA) is 154 Å². The van der Waals surface area contributed by atoms with Crippen LogP contribution in [0.15, 0.2) is 60.2 Å². The van der Waals surface area contributed by atoms with Crippen LogP contribution in [-0.2, 0) is 36.0 Å². The van der Waals surface area contributed by atoms with E-state index < -0.39 is 30.4 Å². The maximum atomic E-state index is 14.0. The fraction of sp³-hybridized carbons (Fsp3) is 0.324. The van der Waals surface area contributed by atoms with Crippen molar-refractivity contribution in [1.82, 2.24) is 14.1 Å². The first-order valence-electron chi connectivity index (χ1n) is 15.1. The second kappa shape index (κ2) is 15.0. The molecule has 1 unspecified atom stereocenters. The maximum Gasteiger partial charge on any atom is 0.411 e. The lowest BCUT2D eigenvalue weighted by atomic mass is 9.87. The molecule has 4 aromatic rings. The van der Waals surface area contributed by atoms with Gasteiger partial charge in [-0.15, -0.1) is 0 Å². The Morgan fingerprint density at radius 3 is 2.27 bits per heavy atom. The number of carbonyl (C=O) groups is 3. The maximum absolute atomic E-state index is 14.0. The summed E-state index contributed by atoms with van der Waals surface area (Å²) in [6.45, 7) is 3.74. The Kier molecular flexibility index (Phi) is 10.6. The molecule has 1 aliphatic rings. The van der Waals surface area contributed by atoms with E-state index in [4.69, 9.17) is 33.2 Å². The summed E-state index contributed by atoms with van der Waals surface area (Å²) in [4.78, 5) is 39.5. The Bertz CT molecular complexity index is 1810. The average Bonchev–Trinajstić information content (AvgIpc) is 3.68. The molecule has 0 fully saturated rings. The number of nitrogens with zero attached hydrogens (tertiary/aromatic N) is 2. The first kappa shape index (κ1) is 34.0. The molecule has 2 heterocycles. The van der Waals surface area contributed by atoms with Gasteiger partial charge in [0.1, 0.15) is 23.3 Å². The van der Waals surface area contributed by atoms with Gasteiger partial charge in [-0.3, -0.25) is 4.79 Å². The van der Waals surface area contributed by atoms with Crippen LogP contribution < -0.4 is 24.3 Å². The molecule has 48 heavy (non-hydrogen) atoms. The van der Waals surface area contributed by atoms with Crippen molar-refractivity contribution in [2.45, 2.75) is 32.5 Å². The number of amides is 1. The summed E-state index contributed by atoms with van der Waals surface area (Å²) in [7, 11) is 4.54. The second-order valence-electron chi connectivity index (χ2n) is 10.5. The van der Waals surface area contributed by atoms with Crippen LogP contribution >= 0.6 is 11.7 Å². The number of cyclic esters (lactones) is 1. The van der Waals surface area contributed by atoms with Crippen LogP contribution in [0.1, 0.15) is 37.0 Å². The molecule has 5 rings (SSSR count). The van der Waals surface area contributed by atoms with Crippen molar-refractivity contribution in [2.75, 3.05) is 41.1 Å². The molecule has 252 valence electrons. The third kappa shape index (κ3) is 6.98. The highest BCUT2D eigenvalue weighted by atomic mass is 32.1. The molecular formula is C34H35N3O10S. The molecule has 0 spiro atoms. The quantitative estimate of drug-likeness (QED) is 0.175. The van der Waals surface area contributed by atoms with Crippen LogP contribution in [0.4, 0.5) is 4.79 Å². The predicted octanol–water partition coefficient (Wildman–Crippen LogP) is 5.20. The number of ether oxygens (including phenoxy) is 7. The summed E-state index contributed by atoms with van der Waals surface area (Å²) in [5, 5.41) is 2.40. The molecule has 1 N–H and O–H groups in total. The van der Waals surface area contributed by atoms with E-state index >= 15 is 0 Å². The van der Waals surface area contributed by atoms with E-state index in [0.29, 0.717) is 57.3 Å². The molecule has 14 heteroatoms. The lowest BCUT2D eigenvalue weighted by molar-refractivity contribution is -0.185. The van der Waals surface area contributed by atoms with E-state index in [-0.39, 0.29) is 24.2 Å². The highest BCUT2D eigenvalue weighted by molar-refractivity contribution is 7.00. The largest absolute Gasteiger partial charge is 0.497 e. The van der Waals surface area contributed by atoms with E-state index in [9.17, 15) is 14.4 Å². The monoisotopic (exact) mass is 677 g/mol. The fourth-order valence-corrected chi connectivity index (χ4v) is 5.78. The number of nitrogens with one attached hydrogen (secondary N) is 1. The number of rotatable bonds is 14. The summed E-state index contributed by atoms with van der Waals surface area (Å²) in [5.74, 6) is -1.73. The van der Waals surface area contributed by atoms with Gasteiger partial charge in [0.05, 0.1) is 51.8 Å². The Balaban J connectivity index is 1.71. The first-order chi connectivity index (χ1) is 23.3. The molecule has 1 atom stereocenters. The van der Waals surface area contributed by atoms with Gasteiger partial charge in [0.25, 0.3) is 0 Å². The Hall–Kier alpha value is -5.37. The smallest absolute Gasteiger partial charge is 0.411 e. The van der Waals surface area contributed by atoms with E-state index in [0.717, 1.165) is 18.1 Å². The van der Waals surface area contributed by atoms with Crippen molar-refractivity contribution in [1.29, 1.82) is 0 Å². The molecule has 1 amide bonds. The molecular weight excluding hydrogens is 642 g/mol. The Morgan fingerprint density at radius 1 is 0.917 bits per heavy atom. The minimum absolute atomic E-state index is 0.0202. The number of aromatic nitrogens is 2. The van der Waals surface area contributed by atoms with Gasteiger partial charge in [0.2, 0.25) is 5.75 Å². The third-order valence-electron chi connectivity index (χ3n) is 7.42. The number of benzene rings is 3. The number of carbonyl (C=O) groups excluding carboxylic acids is 3. The molecule has 0 bridgehead atoms. The van der Waals surface area contributed by atoms with Gasteiger partial charge >= 0.3 is 23.8 Å². The van der Waals surface area contributed by atoms with Crippen molar-refractivity contribution in [3.63, 3.8) is 0 Å². The molecule has 0 saturated heterocycles. The third-order valence-corrected chi connectivity index (χ3v) is 7.98. The van der Waals surface area contributed by atoms with E-state index in [1.165, 1.54) is 21.3 Å². The van der Waals surface area contributed by atoms with Crippen molar-refractivity contribution >= 4 is 46.4 Å². The van der Waals surface area contributed by atoms with Crippen LogP contribution in [0.5, 0.6) is 23.0 Å². The summed E-state index contributed by atoms with van der Waals surface area (Å²) < 4.78 is 48.3. The first-order valence-corrected chi connectivity index (χ1v) is 15.8. The molecule has 13 nitrogen and oxygen atoms in total. The molecule has 0 saturated carbocycles. The Morgan fingerprint density at radius 2 is 1.62 bits per heavy atom. The van der Waals surface area contributed by atoms with Crippen molar-refractivity contribution in [3.05, 3.63) is 76.9 Å². The van der Waals surface area contributed by atoms with Crippen LogP contribution in [0.2, 0.25) is 0 Å². The summed E-state index contributed by atoms with van der Waals surface area (Å²) >= 11 is 1.04. The molecule has 0 radical (unpaired) electrons. The number of methoxy groups -OCH3 is 3. The summed E-state index contributed by atoms with van der Waals surface area (Å²) in [5.41, 5.74) is 3.09. The number of alkyl carbamates (subject to hydrolysis) is 1. The van der Waals surface area contributed by atoms with Gasteiger partial charge in [-0.05, 0) is 73.0 Å². The number of esters is 2. The van der Waals surface area contributed by atoms with Crippen LogP contribution in [-0.4, -0.2) is 67.9 Å². The van der Waals surface area contributed by atoms with Gasteiger partial charge < -0.3 is 38.5 Å². The van der Waals surface area contributed by atoms with Gasteiger partial charge in [0, 0.05) is 17.6 Å². The zero-order valence-electron chi connectivity index (χ0n) is 27.1.